The van der Waals surface area contributed by atoms with Gasteiger partial charge >= 0.3 is 0 Å². The number of nitrogens with one attached hydrogen (secondary N) is 1. The third-order valence-corrected chi connectivity index (χ3v) is 3.57. The van der Waals surface area contributed by atoms with Gasteiger partial charge in [0.05, 0.1) is 17.6 Å². The number of hydrogen-bond donors (Lipinski definition) is 1. The molecule has 6 nitrogen and oxygen atoms in total. The number of benzene rings is 1. The predicted molar refractivity (Wildman–Crippen MR) is 91.8 cm³/mol. The minimum atomic E-state index is -0.587. The average Bonchev–Trinajstić information content (AvgIpc) is 2.57. The van der Waals surface area contributed by atoms with Gasteiger partial charge in [-0.2, -0.15) is 5.10 Å². The molecule has 0 saturated heterocycles. The second-order valence-corrected chi connectivity index (χ2v) is 5.52. The first-order valence-corrected chi connectivity index (χ1v) is 7.51. The highest BCUT2D eigenvalue weighted by molar-refractivity contribution is 6.30. The van der Waals surface area contributed by atoms with Crippen LogP contribution in [0.1, 0.15) is 16.2 Å². The lowest BCUT2D eigenvalue weighted by atomic mass is 10.2. The molecule has 1 amide bonds. The molecule has 120 valence electrons. The summed E-state index contributed by atoms with van der Waals surface area (Å²) in [4.78, 5) is 28.4. The van der Waals surface area contributed by atoms with Crippen molar-refractivity contribution in [1.82, 2.24) is 14.8 Å². The van der Waals surface area contributed by atoms with Gasteiger partial charge in [-0.05, 0) is 43.3 Å². The number of hydrogen-bond acceptors (Lipinski definition) is 4. The maximum absolute atomic E-state index is 12.3. The van der Waals surface area contributed by atoms with E-state index in [1.165, 1.54) is 16.9 Å². The Bertz CT molecular complexity index is 937. The third kappa shape index (κ3) is 3.33. The molecule has 3 aromatic rings. The van der Waals surface area contributed by atoms with Gasteiger partial charge in [-0.15, -0.1) is 0 Å². The lowest BCUT2D eigenvalue weighted by Gasteiger charge is -2.11. The molecule has 2 heterocycles. The van der Waals surface area contributed by atoms with E-state index in [1.54, 1.807) is 49.5 Å². The van der Waals surface area contributed by atoms with Crippen LogP contribution in [0.2, 0.25) is 5.02 Å². The van der Waals surface area contributed by atoms with Crippen LogP contribution in [0.5, 0.6) is 0 Å². The summed E-state index contributed by atoms with van der Waals surface area (Å²) in [6.45, 7) is 1.74. The first-order chi connectivity index (χ1) is 11.5. The van der Waals surface area contributed by atoms with Crippen molar-refractivity contribution < 1.29 is 4.79 Å². The molecule has 0 aliphatic heterocycles. The van der Waals surface area contributed by atoms with E-state index in [2.05, 4.69) is 15.4 Å². The summed E-state index contributed by atoms with van der Waals surface area (Å²) in [7, 11) is 0. The zero-order valence-electron chi connectivity index (χ0n) is 12.7. The van der Waals surface area contributed by atoms with E-state index < -0.39 is 11.3 Å². The zero-order chi connectivity index (χ0) is 17.1. The quantitative estimate of drug-likeness (QED) is 0.795. The molecule has 0 unspecified atom stereocenters. The Labute approximate surface area is 142 Å². The van der Waals surface area contributed by atoms with Crippen molar-refractivity contribution in [2.75, 3.05) is 5.32 Å². The zero-order valence-corrected chi connectivity index (χ0v) is 13.5. The molecule has 0 saturated carbocycles. The van der Waals surface area contributed by atoms with Gasteiger partial charge < -0.3 is 5.32 Å². The van der Waals surface area contributed by atoms with Crippen LogP contribution in [-0.2, 0) is 0 Å². The molecule has 0 radical (unpaired) electrons. The fourth-order valence-electron chi connectivity index (χ4n) is 2.18. The minimum Gasteiger partial charge on any atom is -0.319 e. The molecule has 1 N–H and O–H groups in total. The molecule has 7 heteroatoms. The van der Waals surface area contributed by atoms with Crippen molar-refractivity contribution in [3.63, 3.8) is 0 Å². The van der Waals surface area contributed by atoms with Crippen LogP contribution in [0.15, 0.2) is 59.7 Å². The van der Waals surface area contributed by atoms with E-state index in [-0.39, 0.29) is 5.69 Å². The summed E-state index contributed by atoms with van der Waals surface area (Å²) in [6, 6.07) is 11.7. The predicted octanol–water partition coefficient (Wildman–Crippen LogP) is 2.84. The first-order valence-electron chi connectivity index (χ1n) is 7.13. The molecular formula is C17H13ClN4O2. The molecule has 0 aliphatic rings. The Morgan fingerprint density at radius 1 is 1.21 bits per heavy atom. The summed E-state index contributed by atoms with van der Waals surface area (Å²) in [5.74, 6) is -0.587. The number of carbonyl (C=O) groups is 1. The Balaban J connectivity index is 1.99. The lowest BCUT2D eigenvalue weighted by molar-refractivity contribution is 0.101. The molecule has 1 aromatic carbocycles. The highest BCUT2D eigenvalue weighted by atomic mass is 35.5. The molecule has 2 aromatic heterocycles. The van der Waals surface area contributed by atoms with Crippen LogP contribution in [-0.4, -0.2) is 20.7 Å². The Morgan fingerprint density at radius 3 is 2.62 bits per heavy atom. The van der Waals surface area contributed by atoms with Gasteiger partial charge in [-0.1, -0.05) is 11.6 Å². The highest BCUT2D eigenvalue weighted by Crippen LogP contribution is 2.14. The van der Waals surface area contributed by atoms with Crippen molar-refractivity contribution in [3.8, 4) is 5.69 Å². The van der Waals surface area contributed by atoms with Crippen LogP contribution >= 0.6 is 11.6 Å². The van der Waals surface area contributed by atoms with Gasteiger partial charge in [-0.25, -0.2) is 4.68 Å². The molecule has 24 heavy (non-hydrogen) atoms. The van der Waals surface area contributed by atoms with Crippen molar-refractivity contribution in [2.45, 2.75) is 6.92 Å². The monoisotopic (exact) mass is 340 g/mol. The summed E-state index contributed by atoms with van der Waals surface area (Å²) >= 11 is 5.89. The lowest BCUT2D eigenvalue weighted by Crippen LogP contribution is -2.26. The summed E-state index contributed by atoms with van der Waals surface area (Å²) in [5, 5.41) is 7.39. The second kappa shape index (κ2) is 6.64. The van der Waals surface area contributed by atoms with Crippen LogP contribution in [0, 0.1) is 6.92 Å². The molecule has 0 atom stereocenters. The standard InChI is InChI=1S/C17H13ClN4O2/c1-11-9-15(23)16(17(24)20-13-3-2-8-19-10-13)21-22(11)14-6-4-12(18)5-7-14/h2-10H,1H3,(H,20,24). The van der Waals surface area contributed by atoms with E-state index in [4.69, 9.17) is 11.6 Å². The van der Waals surface area contributed by atoms with E-state index in [0.29, 0.717) is 22.1 Å². The third-order valence-electron chi connectivity index (χ3n) is 3.31. The number of halogens is 1. The van der Waals surface area contributed by atoms with Crippen LogP contribution in [0.4, 0.5) is 5.69 Å². The normalized spacial score (nSPS) is 10.4. The van der Waals surface area contributed by atoms with E-state index in [0.717, 1.165) is 0 Å². The van der Waals surface area contributed by atoms with Gasteiger partial charge in [0.2, 0.25) is 5.43 Å². The summed E-state index contributed by atoms with van der Waals surface area (Å²) < 4.78 is 1.52. The Hall–Kier alpha value is -2.99. The number of amides is 1. The number of rotatable bonds is 3. The maximum atomic E-state index is 12.3. The number of aryl methyl sites for hydroxylation is 1. The van der Waals surface area contributed by atoms with E-state index in [1.807, 2.05) is 0 Å². The van der Waals surface area contributed by atoms with Gasteiger partial charge in [0.15, 0.2) is 5.69 Å². The molecule has 0 bridgehead atoms. The highest BCUT2D eigenvalue weighted by Gasteiger charge is 2.15. The first kappa shape index (κ1) is 15.9. The SMILES string of the molecule is Cc1cc(=O)c(C(=O)Nc2cccnc2)nn1-c1ccc(Cl)cc1. The van der Waals surface area contributed by atoms with Crippen molar-refractivity contribution in [2.24, 2.45) is 0 Å². The molecular weight excluding hydrogens is 328 g/mol. The van der Waals surface area contributed by atoms with Crippen molar-refractivity contribution >= 4 is 23.2 Å². The molecule has 0 aliphatic carbocycles. The van der Waals surface area contributed by atoms with Gasteiger partial charge in [-0.3, -0.25) is 14.6 Å². The van der Waals surface area contributed by atoms with E-state index in [9.17, 15) is 9.59 Å². The Morgan fingerprint density at radius 2 is 1.96 bits per heavy atom. The molecule has 0 fully saturated rings. The Kier molecular flexibility index (Phi) is 4.39. The molecule has 0 spiro atoms. The summed E-state index contributed by atoms with van der Waals surface area (Å²) in [6.07, 6.45) is 3.08. The van der Waals surface area contributed by atoms with Crippen molar-refractivity contribution in [3.05, 3.63) is 81.5 Å². The van der Waals surface area contributed by atoms with Crippen LogP contribution in [0.25, 0.3) is 5.69 Å². The maximum Gasteiger partial charge on any atom is 0.280 e. The summed E-state index contributed by atoms with van der Waals surface area (Å²) in [5.41, 5.74) is 1.16. The van der Waals surface area contributed by atoms with Gasteiger partial charge in [0.25, 0.3) is 5.91 Å². The fraction of sp³-hybridized carbons (Fsp3) is 0.0588. The number of anilines is 1. The van der Waals surface area contributed by atoms with Gasteiger partial charge in [0.1, 0.15) is 0 Å². The fourth-order valence-corrected chi connectivity index (χ4v) is 2.30. The van der Waals surface area contributed by atoms with Crippen molar-refractivity contribution in [1.29, 1.82) is 0 Å². The number of carbonyl (C=O) groups excluding carboxylic acids is 1. The second-order valence-electron chi connectivity index (χ2n) is 5.08. The number of aromatic nitrogens is 3. The topological polar surface area (TPSA) is 76.9 Å². The average molecular weight is 341 g/mol. The van der Waals surface area contributed by atoms with Crippen LogP contribution in [0.3, 0.4) is 0 Å². The number of pyridine rings is 1. The smallest absolute Gasteiger partial charge is 0.280 e. The largest absolute Gasteiger partial charge is 0.319 e. The van der Waals surface area contributed by atoms with Gasteiger partial charge in [0, 0.05) is 23.0 Å². The van der Waals surface area contributed by atoms with Crippen LogP contribution < -0.4 is 10.7 Å². The number of nitrogens with zero attached hydrogens (tertiary/aromatic N) is 3. The van der Waals surface area contributed by atoms with E-state index >= 15 is 0 Å². The molecule has 3 rings (SSSR count). The minimum absolute atomic E-state index is 0.195.